The van der Waals surface area contributed by atoms with E-state index < -0.39 is 15.9 Å². The number of aryl methyl sites for hydroxylation is 2. The van der Waals surface area contributed by atoms with Gasteiger partial charge in [-0.05, 0) is 67.3 Å². The van der Waals surface area contributed by atoms with Gasteiger partial charge in [0, 0.05) is 30.9 Å². The van der Waals surface area contributed by atoms with E-state index in [1.54, 1.807) is 17.0 Å². The number of carbonyl (C=O) groups is 2. The van der Waals surface area contributed by atoms with Crippen LogP contribution in [0.25, 0.3) is 0 Å². The number of nitrogens with one attached hydrogen (secondary N) is 1. The minimum absolute atomic E-state index is 0.0808. The second-order valence-electron chi connectivity index (χ2n) is 9.01. The van der Waals surface area contributed by atoms with Gasteiger partial charge in [0.05, 0.1) is 16.5 Å². The van der Waals surface area contributed by atoms with Crippen LogP contribution < -0.4 is 14.5 Å². The van der Waals surface area contributed by atoms with Crippen molar-refractivity contribution >= 4 is 38.9 Å². The van der Waals surface area contributed by atoms with Crippen LogP contribution in [0.2, 0.25) is 0 Å². The van der Waals surface area contributed by atoms with Gasteiger partial charge in [-0.1, -0.05) is 36.4 Å². The molecule has 3 aromatic carbocycles. The van der Waals surface area contributed by atoms with Gasteiger partial charge in [-0.3, -0.25) is 13.9 Å². The van der Waals surface area contributed by atoms with Crippen molar-refractivity contribution in [2.24, 2.45) is 5.92 Å². The van der Waals surface area contributed by atoms with Crippen molar-refractivity contribution in [1.82, 2.24) is 0 Å². The number of rotatable bonds is 5. The van der Waals surface area contributed by atoms with Gasteiger partial charge in [0.25, 0.3) is 10.0 Å². The summed E-state index contributed by atoms with van der Waals surface area (Å²) < 4.78 is 28.1. The summed E-state index contributed by atoms with van der Waals surface area (Å²) in [5, 5.41) is 2.84. The van der Waals surface area contributed by atoms with Crippen LogP contribution in [0.15, 0.2) is 77.7 Å². The normalized spacial score (nSPS) is 17.9. The number of nitrogens with zero attached hydrogens (tertiary/aromatic N) is 2. The Morgan fingerprint density at radius 2 is 1.63 bits per heavy atom. The highest BCUT2D eigenvalue weighted by Gasteiger charge is 2.36. The quantitative estimate of drug-likeness (QED) is 0.584. The van der Waals surface area contributed by atoms with Gasteiger partial charge in [0.2, 0.25) is 11.8 Å². The first-order valence-corrected chi connectivity index (χ1v) is 13.2. The number of sulfonamides is 1. The summed E-state index contributed by atoms with van der Waals surface area (Å²) >= 11 is 0. The van der Waals surface area contributed by atoms with E-state index in [-0.39, 0.29) is 23.1 Å². The van der Waals surface area contributed by atoms with Crippen LogP contribution in [0.1, 0.15) is 24.0 Å². The number of amides is 2. The molecule has 180 valence electrons. The van der Waals surface area contributed by atoms with E-state index in [1.807, 2.05) is 55.5 Å². The minimum atomic E-state index is -3.72. The average molecular weight is 490 g/mol. The molecule has 2 aliphatic rings. The van der Waals surface area contributed by atoms with Crippen LogP contribution >= 0.6 is 0 Å². The fraction of sp³-hybridized carbons (Fsp3) is 0.259. The van der Waals surface area contributed by atoms with E-state index in [0.29, 0.717) is 18.8 Å². The van der Waals surface area contributed by atoms with Gasteiger partial charge in [-0.25, -0.2) is 8.42 Å². The molecule has 1 unspecified atom stereocenters. The van der Waals surface area contributed by atoms with Crippen molar-refractivity contribution < 1.29 is 18.0 Å². The Morgan fingerprint density at radius 1 is 0.943 bits per heavy atom. The third-order valence-electron chi connectivity index (χ3n) is 6.68. The lowest BCUT2D eigenvalue weighted by Gasteiger charge is -2.30. The highest BCUT2D eigenvalue weighted by molar-refractivity contribution is 7.92. The number of fused-ring (bicyclic) bond motifs is 1. The van der Waals surface area contributed by atoms with E-state index in [1.165, 1.54) is 16.4 Å². The number of benzene rings is 3. The molecule has 1 fully saturated rings. The molecule has 1 atom stereocenters. The van der Waals surface area contributed by atoms with E-state index in [2.05, 4.69) is 5.32 Å². The molecular weight excluding hydrogens is 462 g/mol. The second-order valence-corrected chi connectivity index (χ2v) is 10.9. The number of para-hydroxylation sites is 2. The van der Waals surface area contributed by atoms with Crippen molar-refractivity contribution in [3.8, 4) is 0 Å². The number of carbonyl (C=O) groups excluding carboxylic acids is 2. The van der Waals surface area contributed by atoms with Crippen LogP contribution in [0.4, 0.5) is 17.1 Å². The van der Waals surface area contributed by atoms with Crippen molar-refractivity contribution in [2.75, 3.05) is 27.6 Å². The van der Waals surface area contributed by atoms with Crippen molar-refractivity contribution in [3.63, 3.8) is 0 Å². The monoisotopic (exact) mass is 489 g/mol. The first-order valence-electron chi connectivity index (χ1n) is 11.7. The molecule has 8 heteroatoms. The maximum Gasteiger partial charge on any atom is 0.264 e. The molecule has 0 radical (unpaired) electrons. The van der Waals surface area contributed by atoms with Crippen LogP contribution in [0.5, 0.6) is 0 Å². The van der Waals surface area contributed by atoms with Gasteiger partial charge in [0.1, 0.15) is 0 Å². The fourth-order valence-electron chi connectivity index (χ4n) is 4.81. The third-order valence-corrected chi connectivity index (χ3v) is 8.51. The average Bonchev–Trinajstić information content (AvgIpc) is 3.26. The van der Waals surface area contributed by atoms with E-state index >= 15 is 0 Å². The molecule has 5 rings (SSSR count). The molecule has 2 heterocycles. The van der Waals surface area contributed by atoms with Crippen molar-refractivity contribution in [2.45, 2.75) is 31.1 Å². The Balaban J connectivity index is 1.28. The number of anilines is 3. The lowest BCUT2D eigenvalue weighted by molar-refractivity contribution is -0.122. The minimum Gasteiger partial charge on any atom is -0.326 e. The highest BCUT2D eigenvalue weighted by atomic mass is 32.2. The zero-order valence-electron chi connectivity index (χ0n) is 19.5. The molecule has 0 bridgehead atoms. The highest BCUT2D eigenvalue weighted by Crippen LogP contribution is 2.32. The van der Waals surface area contributed by atoms with Gasteiger partial charge >= 0.3 is 0 Å². The molecular formula is C27H27N3O4S. The van der Waals surface area contributed by atoms with Crippen molar-refractivity contribution in [1.29, 1.82) is 0 Å². The molecule has 0 aromatic heterocycles. The second kappa shape index (κ2) is 9.19. The van der Waals surface area contributed by atoms with E-state index in [0.717, 1.165) is 35.3 Å². The molecule has 1 saturated heterocycles. The Hall–Kier alpha value is -3.65. The zero-order chi connectivity index (χ0) is 24.6. The van der Waals surface area contributed by atoms with Crippen LogP contribution in [0.3, 0.4) is 0 Å². The third kappa shape index (κ3) is 4.41. The molecule has 1 N–H and O–H groups in total. The molecule has 35 heavy (non-hydrogen) atoms. The summed E-state index contributed by atoms with van der Waals surface area (Å²) in [5.41, 5.74) is 4.05. The molecule has 2 aliphatic heterocycles. The van der Waals surface area contributed by atoms with E-state index in [9.17, 15) is 18.0 Å². The predicted octanol–water partition coefficient (Wildman–Crippen LogP) is 4.13. The maximum absolute atomic E-state index is 13.3. The predicted molar refractivity (Wildman–Crippen MR) is 136 cm³/mol. The van der Waals surface area contributed by atoms with Gasteiger partial charge in [-0.15, -0.1) is 0 Å². The SMILES string of the molecule is Cc1ccccc1N1CC(C(=O)Nc2ccc(S(=O)(=O)N3CCCc4ccccc43)cc2)CC1=O. The summed E-state index contributed by atoms with van der Waals surface area (Å²) in [6.45, 7) is 2.69. The summed E-state index contributed by atoms with van der Waals surface area (Å²) in [5.74, 6) is -0.812. The van der Waals surface area contributed by atoms with Crippen LogP contribution in [-0.2, 0) is 26.0 Å². The molecule has 7 nitrogen and oxygen atoms in total. The molecule has 2 amide bonds. The molecule has 0 spiro atoms. The number of hydrogen-bond donors (Lipinski definition) is 1. The van der Waals surface area contributed by atoms with Gasteiger partial charge in [-0.2, -0.15) is 0 Å². The Bertz CT molecular complexity index is 1390. The Kier molecular flexibility index (Phi) is 6.06. The van der Waals surface area contributed by atoms with E-state index in [4.69, 9.17) is 0 Å². The van der Waals surface area contributed by atoms with Crippen molar-refractivity contribution in [3.05, 3.63) is 83.9 Å². The summed E-state index contributed by atoms with van der Waals surface area (Å²) in [4.78, 5) is 27.3. The lowest BCUT2D eigenvalue weighted by atomic mass is 10.0. The maximum atomic E-state index is 13.3. The summed E-state index contributed by atoms with van der Waals surface area (Å²) in [6, 6.07) is 21.4. The van der Waals surface area contributed by atoms with Gasteiger partial charge < -0.3 is 10.2 Å². The summed E-state index contributed by atoms with van der Waals surface area (Å²) in [6.07, 6.45) is 1.77. The number of hydrogen-bond acceptors (Lipinski definition) is 4. The first kappa shape index (κ1) is 23.1. The smallest absolute Gasteiger partial charge is 0.264 e. The molecule has 3 aromatic rings. The standard InChI is InChI=1S/C27H27N3O4S/c1-19-7-2-4-10-24(19)29-18-21(17-26(29)31)27(32)28-22-12-14-23(15-13-22)35(33,34)30-16-6-9-20-8-3-5-11-25(20)30/h2-5,7-8,10-15,21H,6,9,16-18H2,1H3,(H,28,32). The zero-order valence-corrected chi connectivity index (χ0v) is 20.3. The summed E-state index contributed by atoms with van der Waals surface area (Å²) in [7, 11) is -3.72. The largest absolute Gasteiger partial charge is 0.326 e. The van der Waals surface area contributed by atoms with Gasteiger partial charge in [0.15, 0.2) is 0 Å². The fourth-order valence-corrected chi connectivity index (χ4v) is 6.35. The Labute approximate surface area is 205 Å². The Morgan fingerprint density at radius 3 is 2.37 bits per heavy atom. The molecule has 0 aliphatic carbocycles. The topological polar surface area (TPSA) is 86.8 Å². The van der Waals surface area contributed by atoms with Crippen LogP contribution in [0, 0.1) is 12.8 Å². The first-order chi connectivity index (χ1) is 16.8. The van der Waals surface area contributed by atoms with Crippen LogP contribution in [-0.4, -0.2) is 33.3 Å². The lowest BCUT2D eigenvalue weighted by Crippen LogP contribution is -2.35. The molecule has 0 saturated carbocycles.